The first kappa shape index (κ1) is 32.6. The molecule has 1 unspecified atom stereocenters. The van der Waals surface area contributed by atoms with Gasteiger partial charge in [-0.25, -0.2) is 9.78 Å². The van der Waals surface area contributed by atoms with Crippen LogP contribution in [0.5, 0.6) is 5.75 Å². The molecule has 44 heavy (non-hydrogen) atoms. The monoisotopic (exact) mass is 612 g/mol. The van der Waals surface area contributed by atoms with Gasteiger partial charge in [0.1, 0.15) is 11.7 Å². The van der Waals surface area contributed by atoms with Crippen molar-refractivity contribution in [3.63, 3.8) is 0 Å². The van der Waals surface area contributed by atoms with Crippen LogP contribution >= 0.6 is 0 Å². The summed E-state index contributed by atoms with van der Waals surface area (Å²) in [6.07, 6.45) is -4.33. The molecule has 0 saturated carbocycles. The molecular formula is C33H39F3N4O4. The molecule has 0 spiro atoms. The molecule has 0 bridgehead atoms. The van der Waals surface area contributed by atoms with E-state index in [4.69, 9.17) is 15.2 Å². The number of alkyl halides is 3. The third-order valence-corrected chi connectivity index (χ3v) is 7.49. The fourth-order valence-electron chi connectivity index (χ4n) is 5.49. The Hall–Kier alpha value is -4.28. The van der Waals surface area contributed by atoms with Crippen LogP contribution in [0.1, 0.15) is 74.7 Å². The van der Waals surface area contributed by atoms with Gasteiger partial charge < -0.3 is 20.1 Å². The first-order chi connectivity index (χ1) is 20.5. The van der Waals surface area contributed by atoms with E-state index >= 15 is 0 Å². The summed E-state index contributed by atoms with van der Waals surface area (Å²) < 4.78 is 52.1. The van der Waals surface area contributed by atoms with Gasteiger partial charge >= 0.3 is 12.3 Å². The Balaban J connectivity index is 1.51. The number of piperazine rings is 1. The summed E-state index contributed by atoms with van der Waals surface area (Å²) in [6.45, 7) is 13.3. The summed E-state index contributed by atoms with van der Waals surface area (Å²) in [5, 5.41) is 0. The highest BCUT2D eigenvalue weighted by Gasteiger charge is 2.38. The largest absolute Gasteiger partial charge is 0.482 e. The molecule has 11 heteroatoms. The normalized spacial score (nSPS) is 18.1. The predicted molar refractivity (Wildman–Crippen MR) is 162 cm³/mol. The minimum Gasteiger partial charge on any atom is -0.482 e. The number of halogens is 3. The van der Waals surface area contributed by atoms with Crippen molar-refractivity contribution in [2.45, 2.75) is 78.4 Å². The second-order valence-electron chi connectivity index (χ2n) is 12.3. The van der Waals surface area contributed by atoms with Crippen molar-refractivity contribution >= 4 is 17.8 Å². The number of anilines is 1. The summed E-state index contributed by atoms with van der Waals surface area (Å²) in [4.78, 5) is 34.0. The highest BCUT2D eigenvalue weighted by Crippen LogP contribution is 2.37. The van der Waals surface area contributed by atoms with Gasteiger partial charge in [-0.2, -0.15) is 13.2 Å². The lowest BCUT2D eigenvalue weighted by atomic mass is 9.99. The minimum atomic E-state index is -4.53. The quantitative estimate of drug-likeness (QED) is 0.326. The standard InChI is InChI=1S/C33H39F3N4O4/c1-19-14-23(12-13-25(19)30(41)39-17-20(2)40(21(3)18-39)31(42)44-32(5,6)7)24-15-28(29(37)38-16-24)43-22(4)26-10-8-9-11-27(26)33(34,35)36/h8-16,20-22H,17-18H2,1-7H3,(H2,37,38)/t20-,21+,22?. The van der Waals surface area contributed by atoms with E-state index in [1.807, 2.05) is 47.6 Å². The zero-order valence-electron chi connectivity index (χ0n) is 26.0. The van der Waals surface area contributed by atoms with Gasteiger partial charge in [0.15, 0.2) is 11.6 Å². The summed E-state index contributed by atoms with van der Waals surface area (Å²) in [7, 11) is 0. The number of nitrogens with two attached hydrogens (primary N) is 1. The fraction of sp³-hybridized carbons (Fsp3) is 0.424. The van der Waals surface area contributed by atoms with Crippen LogP contribution in [0, 0.1) is 6.92 Å². The van der Waals surface area contributed by atoms with Crippen LogP contribution in [-0.2, 0) is 10.9 Å². The SMILES string of the molecule is Cc1cc(-c2cnc(N)c(OC(C)c3ccccc3C(F)(F)F)c2)ccc1C(=O)N1C[C@@H](C)N(C(=O)OC(C)(C)C)[C@@H](C)C1. The van der Waals surface area contributed by atoms with Gasteiger partial charge in [-0.3, -0.25) is 9.69 Å². The Morgan fingerprint density at radius 1 is 1.00 bits per heavy atom. The topological polar surface area (TPSA) is 98.0 Å². The molecule has 1 aliphatic rings. The number of hydrogen-bond donors (Lipinski definition) is 1. The van der Waals surface area contributed by atoms with Crippen LogP contribution in [-0.4, -0.2) is 57.6 Å². The van der Waals surface area contributed by atoms with Crippen LogP contribution < -0.4 is 10.5 Å². The molecule has 0 aliphatic carbocycles. The number of aryl methyl sites for hydroxylation is 1. The summed E-state index contributed by atoms with van der Waals surface area (Å²) in [6, 6.07) is 11.8. The molecule has 1 aliphatic heterocycles. The number of benzene rings is 2. The van der Waals surface area contributed by atoms with Gasteiger partial charge in [-0.1, -0.05) is 30.3 Å². The highest BCUT2D eigenvalue weighted by atomic mass is 19.4. The Bertz CT molecular complexity index is 1520. The summed E-state index contributed by atoms with van der Waals surface area (Å²) >= 11 is 0. The molecule has 1 aromatic heterocycles. The maximum Gasteiger partial charge on any atom is 0.416 e. The van der Waals surface area contributed by atoms with Crippen molar-refractivity contribution < 1.29 is 32.2 Å². The van der Waals surface area contributed by atoms with E-state index in [9.17, 15) is 22.8 Å². The van der Waals surface area contributed by atoms with Crippen LogP contribution in [0.15, 0.2) is 54.7 Å². The van der Waals surface area contributed by atoms with Gasteiger partial charge in [0, 0.05) is 36.0 Å². The van der Waals surface area contributed by atoms with Crippen LogP contribution in [0.3, 0.4) is 0 Å². The molecule has 2 amide bonds. The van der Waals surface area contributed by atoms with Crippen molar-refractivity contribution in [3.8, 4) is 16.9 Å². The lowest BCUT2D eigenvalue weighted by Crippen LogP contribution is -2.60. The average Bonchev–Trinajstić information content (AvgIpc) is 2.92. The van der Waals surface area contributed by atoms with Gasteiger partial charge in [0.25, 0.3) is 5.91 Å². The van der Waals surface area contributed by atoms with Crippen molar-refractivity contribution in [1.82, 2.24) is 14.8 Å². The first-order valence-corrected chi connectivity index (χ1v) is 14.5. The molecule has 1 fully saturated rings. The second-order valence-corrected chi connectivity index (χ2v) is 12.3. The Morgan fingerprint density at radius 2 is 1.64 bits per heavy atom. The Kier molecular flexibility index (Phi) is 9.18. The lowest BCUT2D eigenvalue weighted by molar-refractivity contribution is -0.139. The molecule has 8 nitrogen and oxygen atoms in total. The number of amides is 2. The van der Waals surface area contributed by atoms with E-state index in [0.717, 1.165) is 17.2 Å². The van der Waals surface area contributed by atoms with Crippen molar-refractivity contribution in [2.75, 3.05) is 18.8 Å². The predicted octanol–water partition coefficient (Wildman–Crippen LogP) is 7.27. The number of nitrogen functional groups attached to an aromatic ring is 1. The van der Waals surface area contributed by atoms with E-state index in [1.165, 1.54) is 25.1 Å². The van der Waals surface area contributed by atoms with Crippen LogP contribution in [0.4, 0.5) is 23.8 Å². The third-order valence-electron chi connectivity index (χ3n) is 7.49. The summed E-state index contributed by atoms with van der Waals surface area (Å²) in [5.41, 5.74) is 7.24. The van der Waals surface area contributed by atoms with Crippen LogP contribution in [0.2, 0.25) is 0 Å². The van der Waals surface area contributed by atoms with Crippen molar-refractivity contribution in [1.29, 1.82) is 0 Å². The van der Waals surface area contributed by atoms with Gasteiger partial charge in [0.2, 0.25) is 0 Å². The van der Waals surface area contributed by atoms with E-state index in [2.05, 4.69) is 4.98 Å². The summed E-state index contributed by atoms with van der Waals surface area (Å²) in [5.74, 6) is 0.0474. The zero-order valence-corrected chi connectivity index (χ0v) is 26.0. The second kappa shape index (κ2) is 12.4. The maximum atomic E-state index is 13.6. The van der Waals surface area contributed by atoms with E-state index in [-0.39, 0.29) is 35.1 Å². The Morgan fingerprint density at radius 3 is 2.23 bits per heavy atom. The average molecular weight is 613 g/mol. The van der Waals surface area contributed by atoms with Crippen LogP contribution in [0.25, 0.3) is 11.1 Å². The van der Waals surface area contributed by atoms with E-state index < -0.39 is 29.5 Å². The number of carbonyl (C=O) groups is 2. The zero-order chi connectivity index (χ0) is 32.6. The van der Waals surface area contributed by atoms with E-state index in [0.29, 0.717) is 24.2 Å². The number of rotatable bonds is 5. The Labute approximate surface area is 256 Å². The molecular weight excluding hydrogens is 573 g/mol. The molecule has 0 radical (unpaired) electrons. The van der Waals surface area contributed by atoms with Gasteiger partial charge in [-0.05, 0) is 77.8 Å². The molecule has 236 valence electrons. The molecule has 3 atom stereocenters. The lowest BCUT2D eigenvalue weighted by Gasteiger charge is -2.44. The minimum absolute atomic E-state index is 0.0147. The van der Waals surface area contributed by atoms with E-state index in [1.54, 1.807) is 34.2 Å². The van der Waals surface area contributed by atoms with Gasteiger partial charge in [0.05, 0.1) is 17.6 Å². The molecule has 2 N–H and O–H groups in total. The van der Waals surface area contributed by atoms with Gasteiger partial charge in [-0.15, -0.1) is 0 Å². The molecule has 3 aromatic rings. The maximum absolute atomic E-state index is 13.6. The molecule has 2 heterocycles. The highest BCUT2D eigenvalue weighted by molar-refractivity contribution is 5.96. The number of ether oxygens (including phenoxy) is 2. The number of carbonyl (C=O) groups excluding carboxylic acids is 2. The smallest absolute Gasteiger partial charge is 0.416 e. The third kappa shape index (κ3) is 7.26. The number of aromatic nitrogens is 1. The number of nitrogens with zero attached hydrogens (tertiary/aromatic N) is 3. The van der Waals surface area contributed by atoms with Crippen molar-refractivity contribution in [3.05, 3.63) is 77.0 Å². The first-order valence-electron chi connectivity index (χ1n) is 14.5. The number of hydrogen-bond acceptors (Lipinski definition) is 6. The fourth-order valence-corrected chi connectivity index (χ4v) is 5.49. The van der Waals surface area contributed by atoms with Crippen molar-refractivity contribution in [2.24, 2.45) is 0 Å². The molecule has 2 aromatic carbocycles. The molecule has 1 saturated heterocycles. The molecule has 4 rings (SSSR count). The number of pyridine rings is 1.